The molecule has 0 fully saturated rings. The van der Waals surface area contributed by atoms with Crippen LogP contribution < -0.4 is 15.8 Å². The minimum Gasteiger partial charge on any atom is -0.403 e. The van der Waals surface area contributed by atoms with Crippen LogP contribution in [0.3, 0.4) is 0 Å². The van der Waals surface area contributed by atoms with Crippen LogP contribution in [0.1, 0.15) is 29.3 Å². The highest BCUT2D eigenvalue weighted by Gasteiger charge is 2.27. The van der Waals surface area contributed by atoms with Crippen LogP contribution >= 0.6 is 0 Å². The topological polar surface area (TPSA) is 155 Å². The molecule has 0 aliphatic carbocycles. The normalized spacial score (nSPS) is 12.4. The van der Waals surface area contributed by atoms with Crippen molar-refractivity contribution >= 4 is 44.6 Å². The maximum absolute atomic E-state index is 15.1. The third-order valence-corrected chi connectivity index (χ3v) is 5.96. The molecule has 0 amide bonds. The molecule has 0 radical (unpaired) electrons. The number of aromatic amines is 1. The third-order valence-electron chi connectivity index (χ3n) is 4.48. The van der Waals surface area contributed by atoms with E-state index < -0.39 is 38.7 Å². The van der Waals surface area contributed by atoms with Gasteiger partial charge in [0.1, 0.15) is 23.6 Å². The van der Waals surface area contributed by atoms with Gasteiger partial charge in [-0.25, -0.2) is 27.2 Å². The summed E-state index contributed by atoms with van der Waals surface area (Å²) >= 11 is 0. The fraction of sp³-hybridized carbons (Fsp3) is 0.200. The number of allylic oxidation sites excluding steroid dienone is 1. The number of benzene rings is 1. The van der Waals surface area contributed by atoms with Crippen LogP contribution in [0.2, 0.25) is 0 Å². The van der Waals surface area contributed by atoms with Gasteiger partial charge in [0.05, 0.1) is 33.7 Å². The SMILES string of the molecule is CCCS(=O)(=O)Nc1ccc(F)c(C(=O)c2c[nH]c3ncnc(NC(/C=N\C)=C/N)c23)c1F. The summed E-state index contributed by atoms with van der Waals surface area (Å²) in [6.45, 7) is 1.64. The van der Waals surface area contributed by atoms with Crippen molar-refractivity contribution in [3.8, 4) is 0 Å². The second-order valence-electron chi connectivity index (χ2n) is 6.82. The minimum absolute atomic E-state index is 0.135. The van der Waals surface area contributed by atoms with Crippen LogP contribution in [-0.4, -0.2) is 48.2 Å². The molecule has 0 atom stereocenters. The molecular formula is C20H21F2N7O3S. The lowest BCUT2D eigenvalue weighted by Crippen LogP contribution is -2.18. The third kappa shape index (κ3) is 4.98. The number of aliphatic imine (C=N–C) groups is 1. The largest absolute Gasteiger partial charge is 0.403 e. The number of H-pyrrole nitrogens is 1. The van der Waals surface area contributed by atoms with Crippen LogP contribution in [-0.2, 0) is 10.0 Å². The van der Waals surface area contributed by atoms with Crippen molar-refractivity contribution in [1.82, 2.24) is 15.0 Å². The van der Waals surface area contributed by atoms with Crippen LogP contribution in [0.25, 0.3) is 11.0 Å². The fourth-order valence-electron chi connectivity index (χ4n) is 3.09. The molecule has 2 heterocycles. The summed E-state index contributed by atoms with van der Waals surface area (Å²) in [5, 5.41) is 3.03. The minimum atomic E-state index is -3.87. The molecule has 1 aromatic carbocycles. The summed E-state index contributed by atoms with van der Waals surface area (Å²) in [5.41, 5.74) is 4.54. The number of carbonyl (C=O) groups is 1. The second-order valence-corrected chi connectivity index (χ2v) is 8.66. The average Bonchev–Trinajstić information content (AvgIpc) is 3.20. The van der Waals surface area contributed by atoms with Crippen LogP contribution in [0, 0.1) is 11.6 Å². The van der Waals surface area contributed by atoms with E-state index in [9.17, 15) is 17.6 Å². The van der Waals surface area contributed by atoms with Gasteiger partial charge in [-0.1, -0.05) is 6.92 Å². The number of hydrogen-bond donors (Lipinski definition) is 4. The number of nitrogens with one attached hydrogen (secondary N) is 3. The standard InChI is InChI=1S/C20H21F2N7O3S/c1-3-6-33(31,32)29-14-5-4-13(21)16(17(14)22)18(30)12-9-25-19-15(12)20(27-10-26-19)28-11(7-23)8-24-2/h4-5,7-10,29H,3,6,23H2,1-2H3,(H2,25,26,27,28)/b11-7+,24-8-. The molecule has 174 valence electrons. The number of halogens is 2. The van der Waals surface area contributed by atoms with E-state index in [2.05, 4.69) is 25.3 Å². The zero-order chi connectivity index (χ0) is 24.2. The van der Waals surface area contributed by atoms with E-state index in [-0.39, 0.29) is 34.6 Å². The van der Waals surface area contributed by atoms with E-state index in [4.69, 9.17) is 5.73 Å². The molecule has 0 aliphatic heterocycles. The van der Waals surface area contributed by atoms with E-state index in [1.54, 1.807) is 6.92 Å². The summed E-state index contributed by atoms with van der Waals surface area (Å²) in [7, 11) is -2.34. The van der Waals surface area contributed by atoms with E-state index >= 15 is 4.39 Å². The first-order chi connectivity index (χ1) is 15.7. The van der Waals surface area contributed by atoms with E-state index in [1.807, 2.05) is 4.72 Å². The highest BCUT2D eigenvalue weighted by Crippen LogP contribution is 2.30. The zero-order valence-electron chi connectivity index (χ0n) is 17.7. The van der Waals surface area contributed by atoms with Gasteiger partial charge in [-0.05, 0) is 18.6 Å². The van der Waals surface area contributed by atoms with Gasteiger partial charge in [-0.3, -0.25) is 14.5 Å². The van der Waals surface area contributed by atoms with Crippen molar-refractivity contribution < 1.29 is 22.0 Å². The van der Waals surface area contributed by atoms with Gasteiger partial charge in [0, 0.05) is 25.7 Å². The van der Waals surface area contributed by atoms with Gasteiger partial charge in [-0.2, -0.15) is 0 Å². The molecule has 0 saturated carbocycles. The van der Waals surface area contributed by atoms with Crippen LogP contribution in [0.4, 0.5) is 20.3 Å². The summed E-state index contributed by atoms with van der Waals surface area (Å²) in [6.07, 6.45) is 5.38. The van der Waals surface area contributed by atoms with E-state index in [1.165, 1.54) is 32.0 Å². The molecule has 0 spiro atoms. The maximum atomic E-state index is 15.1. The number of anilines is 2. The molecular weight excluding hydrogens is 456 g/mol. The van der Waals surface area contributed by atoms with Crippen LogP contribution in [0.5, 0.6) is 0 Å². The monoisotopic (exact) mass is 477 g/mol. The molecule has 13 heteroatoms. The summed E-state index contributed by atoms with van der Waals surface area (Å²) < 4.78 is 55.8. The second kappa shape index (κ2) is 9.73. The Hall–Kier alpha value is -3.87. The molecule has 0 bridgehead atoms. The lowest BCUT2D eigenvalue weighted by Gasteiger charge is -2.12. The first-order valence-corrected chi connectivity index (χ1v) is 11.3. The predicted molar refractivity (Wildman–Crippen MR) is 122 cm³/mol. The molecule has 0 aliphatic rings. The number of sulfonamides is 1. The Kier molecular flexibility index (Phi) is 7.01. The van der Waals surface area contributed by atoms with Crippen molar-refractivity contribution in [3.63, 3.8) is 0 Å². The molecule has 33 heavy (non-hydrogen) atoms. The lowest BCUT2D eigenvalue weighted by molar-refractivity contribution is 0.103. The lowest BCUT2D eigenvalue weighted by atomic mass is 10.0. The summed E-state index contributed by atoms with van der Waals surface area (Å²) in [4.78, 5) is 27.9. The molecule has 10 nitrogen and oxygen atoms in total. The fourth-order valence-corrected chi connectivity index (χ4v) is 4.22. The van der Waals surface area contributed by atoms with Gasteiger partial charge < -0.3 is 16.0 Å². The Morgan fingerprint density at radius 3 is 2.73 bits per heavy atom. The van der Waals surface area contributed by atoms with Crippen molar-refractivity contribution in [2.75, 3.05) is 22.8 Å². The number of nitrogens with zero attached hydrogens (tertiary/aromatic N) is 3. The maximum Gasteiger partial charge on any atom is 0.232 e. The Labute approximate surface area is 188 Å². The summed E-state index contributed by atoms with van der Waals surface area (Å²) in [6, 6.07) is 1.74. The molecule has 3 aromatic rings. The van der Waals surface area contributed by atoms with Crippen LogP contribution in [0.15, 0.2) is 41.5 Å². The number of fused-ring (bicyclic) bond motifs is 1. The van der Waals surface area contributed by atoms with E-state index in [0.717, 1.165) is 12.1 Å². The van der Waals surface area contributed by atoms with Gasteiger partial charge >= 0.3 is 0 Å². The smallest absolute Gasteiger partial charge is 0.232 e. The Morgan fingerprint density at radius 1 is 1.30 bits per heavy atom. The highest BCUT2D eigenvalue weighted by atomic mass is 32.2. The number of rotatable bonds is 9. The predicted octanol–water partition coefficient (Wildman–Crippen LogP) is 2.53. The quantitative estimate of drug-likeness (QED) is 0.273. The average molecular weight is 477 g/mol. The molecule has 0 saturated heterocycles. The van der Waals surface area contributed by atoms with Crippen molar-refractivity contribution in [2.24, 2.45) is 10.7 Å². The number of nitrogens with two attached hydrogens (primary N) is 1. The first kappa shape index (κ1) is 23.8. The van der Waals surface area contributed by atoms with E-state index in [0.29, 0.717) is 5.70 Å². The number of carbonyl (C=O) groups excluding carboxylic acids is 1. The van der Waals surface area contributed by atoms with Gasteiger partial charge in [0.15, 0.2) is 5.82 Å². The number of hydrogen-bond acceptors (Lipinski definition) is 8. The van der Waals surface area contributed by atoms with Gasteiger partial charge in [-0.15, -0.1) is 0 Å². The number of aromatic nitrogens is 3. The van der Waals surface area contributed by atoms with Crippen molar-refractivity contribution in [3.05, 3.63) is 59.3 Å². The van der Waals surface area contributed by atoms with Crippen molar-refractivity contribution in [1.29, 1.82) is 0 Å². The first-order valence-electron chi connectivity index (χ1n) is 9.68. The molecule has 5 N–H and O–H groups in total. The number of ketones is 1. The molecule has 0 unspecified atom stereocenters. The zero-order valence-corrected chi connectivity index (χ0v) is 18.5. The Bertz CT molecular complexity index is 1370. The highest BCUT2D eigenvalue weighted by molar-refractivity contribution is 7.92. The van der Waals surface area contributed by atoms with Gasteiger partial charge in [0.25, 0.3) is 0 Å². The molecule has 2 aromatic heterocycles. The summed E-state index contributed by atoms with van der Waals surface area (Å²) in [5.74, 6) is -3.65. The Balaban J connectivity index is 2.11. The van der Waals surface area contributed by atoms with Crippen molar-refractivity contribution in [2.45, 2.75) is 13.3 Å². The molecule has 3 rings (SSSR count). The Morgan fingerprint density at radius 2 is 2.06 bits per heavy atom. The van der Waals surface area contributed by atoms with Gasteiger partial charge in [0.2, 0.25) is 15.8 Å².